The molecule has 0 aliphatic heterocycles. The molecule has 4 nitrogen and oxygen atoms in total. The van der Waals surface area contributed by atoms with Crippen molar-refractivity contribution in [1.29, 1.82) is 0 Å². The van der Waals surface area contributed by atoms with Crippen LogP contribution in [0.25, 0.3) is 0 Å². The van der Waals surface area contributed by atoms with Crippen LogP contribution in [0.15, 0.2) is 54.6 Å². The summed E-state index contributed by atoms with van der Waals surface area (Å²) in [7, 11) is 1.58. The molecule has 2 rings (SSSR count). The van der Waals surface area contributed by atoms with E-state index in [1.54, 1.807) is 13.2 Å². The summed E-state index contributed by atoms with van der Waals surface area (Å²) in [6, 6.07) is 16.6. The number of carbonyl (C=O) groups is 1. The van der Waals surface area contributed by atoms with E-state index in [0.29, 0.717) is 5.75 Å². The average molecular weight is 270 g/mol. The van der Waals surface area contributed by atoms with Crippen molar-refractivity contribution in [2.75, 3.05) is 13.7 Å². The summed E-state index contributed by atoms with van der Waals surface area (Å²) in [6.07, 6.45) is 0. The summed E-state index contributed by atoms with van der Waals surface area (Å²) < 4.78 is 5.22. The van der Waals surface area contributed by atoms with Crippen LogP contribution in [-0.4, -0.2) is 19.6 Å². The van der Waals surface area contributed by atoms with Crippen molar-refractivity contribution >= 4 is 5.91 Å². The highest BCUT2D eigenvalue weighted by Gasteiger charge is 2.39. The van der Waals surface area contributed by atoms with Crippen LogP contribution in [0.2, 0.25) is 0 Å². The highest BCUT2D eigenvalue weighted by molar-refractivity contribution is 5.91. The van der Waals surface area contributed by atoms with Gasteiger partial charge >= 0.3 is 0 Å². The van der Waals surface area contributed by atoms with Crippen molar-refractivity contribution in [1.82, 2.24) is 0 Å². The minimum atomic E-state index is -1.05. The summed E-state index contributed by atoms with van der Waals surface area (Å²) in [6.45, 7) is 0.0967. The first-order chi connectivity index (χ1) is 9.65. The molecular formula is C16H18N2O2. The predicted octanol–water partition coefficient (Wildman–Crippen LogP) is 1.43. The second-order valence-electron chi connectivity index (χ2n) is 4.57. The van der Waals surface area contributed by atoms with Crippen LogP contribution < -0.4 is 16.2 Å². The van der Waals surface area contributed by atoms with Gasteiger partial charge in [-0.05, 0) is 23.3 Å². The lowest BCUT2D eigenvalue weighted by atomic mass is 9.74. The second kappa shape index (κ2) is 5.75. The molecule has 1 atom stereocenters. The third kappa shape index (κ3) is 2.26. The van der Waals surface area contributed by atoms with Crippen molar-refractivity contribution in [2.24, 2.45) is 11.5 Å². The van der Waals surface area contributed by atoms with Gasteiger partial charge in [0.1, 0.15) is 11.2 Å². The number of hydrogen-bond acceptors (Lipinski definition) is 3. The topological polar surface area (TPSA) is 78.3 Å². The summed E-state index contributed by atoms with van der Waals surface area (Å²) in [5.41, 5.74) is 12.1. The lowest BCUT2D eigenvalue weighted by Crippen LogP contribution is -2.48. The second-order valence-corrected chi connectivity index (χ2v) is 4.57. The Bertz CT molecular complexity index is 598. The van der Waals surface area contributed by atoms with Gasteiger partial charge in [-0.1, -0.05) is 42.5 Å². The Morgan fingerprint density at radius 3 is 2.30 bits per heavy atom. The van der Waals surface area contributed by atoms with E-state index in [1.165, 1.54) is 0 Å². The van der Waals surface area contributed by atoms with Crippen molar-refractivity contribution in [3.8, 4) is 5.75 Å². The maximum Gasteiger partial charge on any atom is 0.233 e. The van der Waals surface area contributed by atoms with Crippen molar-refractivity contribution in [2.45, 2.75) is 5.41 Å². The van der Waals surface area contributed by atoms with E-state index in [2.05, 4.69) is 0 Å². The fraction of sp³-hybridized carbons (Fsp3) is 0.188. The molecule has 0 aromatic heterocycles. The number of nitrogens with two attached hydrogens (primary N) is 2. The molecule has 20 heavy (non-hydrogen) atoms. The minimum Gasteiger partial charge on any atom is -0.497 e. The highest BCUT2D eigenvalue weighted by atomic mass is 16.5. The van der Waals surface area contributed by atoms with E-state index in [9.17, 15) is 4.79 Å². The van der Waals surface area contributed by atoms with Crippen LogP contribution in [0.1, 0.15) is 11.1 Å². The Hall–Kier alpha value is -2.33. The van der Waals surface area contributed by atoms with E-state index in [4.69, 9.17) is 16.2 Å². The zero-order valence-corrected chi connectivity index (χ0v) is 11.4. The summed E-state index contributed by atoms with van der Waals surface area (Å²) in [5.74, 6) is 0.192. The Morgan fingerprint density at radius 1 is 1.10 bits per heavy atom. The molecule has 0 heterocycles. The SMILES string of the molecule is COc1cccc(C(CN)(C(N)=O)c2ccccc2)c1. The standard InChI is InChI=1S/C16H18N2O2/c1-20-14-9-5-8-13(10-14)16(11-17,15(18)19)12-6-3-2-4-7-12/h2-10H,11,17H2,1H3,(H2,18,19). The summed E-state index contributed by atoms with van der Waals surface area (Å²) >= 11 is 0. The van der Waals surface area contributed by atoms with Gasteiger partial charge in [-0.3, -0.25) is 4.79 Å². The fourth-order valence-corrected chi connectivity index (χ4v) is 2.40. The molecule has 0 spiro atoms. The first-order valence-electron chi connectivity index (χ1n) is 6.35. The molecule has 0 fully saturated rings. The molecule has 0 bridgehead atoms. The molecule has 4 heteroatoms. The fourth-order valence-electron chi connectivity index (χ4n) is 2.40. The number of ether oxygens (including phenoxy) is 1. The van der Waals surface area contributed by atoms with Crippen LogP contribution in [0.3, 0.4) is 0 Å². The molecule has 0 aliphatic rings. The van der Waals surface area contributed by atoms with Gasteiger partial charge in [-0.2, -0.15) is 0 Å². The number of hydrogen-bond donors (Lipinski definition) is 2. The zero-order valence-electron chi connectivity index (χ0n) is 11.4. The number of benzene rings is 2. The number of methoxy groups -OCH3 is 1. The molecule has 0 radical (unpaired) electrons. The molecular weight excluding hydrogens is 252 g/mol. The van der Waals surface area contributed by atoms with Gasteiger partial charge in [-0.15, -0.1) is 0 Å². The molecule has 1 unspecified atom stereocenters. The predicted molar refractivity (Wildman–Crippen MR) is 78.5 cm³/mol. The molecule has 4 N–H and O–H groups in total. The van der Waals surface area contributed by atoms with E-state index in [-0.39, 0.29) is 6.54 Å². The Morgan fingerprint density at radius 2 is 1.75 bits per heavy atom. The van der Waals surface area contributed by atoms with Crippen molar-refractivity contribution < 1.29 is 9.53 Å². The lowest BCUT2D eigenvalue weighted by Gasteiger charge is -2.30. The first-order valence-corrected chi connectivity index (χ1v) is 6.35. The van der Waals surface area contributed by atoms with Gasteiger partial charge < -0.3 is 16.2 Å². The van der Waals surface area contributed by atoms with E-state index in [0.717, 1.165) is 11.1 Å². The third-order valence-electron chi connectivity index (χ3n) is 3.56. The van der Waals surface area contributed by atoms with Gasteiger partial charge in [0.15, 0.2) is 0 Å². The summed E-state index contributed by atoms with van der Waals surface area (Å²) in [5, 5.41) is 0. The van der Waals surface area contributed by atoms with Gasteiger partial charge in [0, 0.05) is 6.54 Å². The van der Waals surface area contributed by atoms with E-state index < -0.39 is 11.3 Å². The number of primary amides is 1. The molecule has 104 valence electrons. The van der Waals surface area contributed by atoms with Crippen LogP contribution in [0.5, 0.6) is 5.75 Å². The molecule has 2 aromatic rings. The molecule has 0 saturated carbocycles. The smallest absolute Gasteiger partial charge is 0.233 e. The first kappa shape index (κ1) is 14.1. The third-order valence-corrected chi connectivity index (χ3v) is 3.56. The maximum absolute atomic E-state index is 12.2. The van der Waals surface area contributed by atoms with Crippen LogP contribution in [-0.2, 0) is 10.2 Å². The Labute approximate surface area is 118 Å². The lowest BCUT2D eigenvalue weighted by molar-refractivity contribution is -0.121. The van der Waals surface area contributed by atoms with Crippen molar-refractivity contribution in [3.63, 3.8) is 0 Å². The van der Waals surface area contributed by atoms with Crippen LogP contribution in [0.4, 0.5) is 0 Å². The number of rotatable bonds is 5. The van der Waals surface area contributed by atoms with Crippen molar-refractivity contribution in [3.05, 3.63) is 65.7 Å². The van der Waals surface area contributed by atoms with Crippen LogP contribution in [0, 0.1) is 0 Å². The Balaban J connectivity index is 2.66. The number of amides is 1. The van der Waals surface area contributed by atoms with Gasteiger partial charge in [0.2, 0.25) is 5.91 Å². The largest absolute Gasteiger partial charge is 0.497 e. The Kier molecular flexibility index (Phi) is 4.05. The molecule has 1 amide bonds. The van der Waals surface area contributed by atoms with E-state index in [1.807, 2.05) is 48.5 Å². The molecule has 2 aromatic carbocycles. The summed E-state index contributed by atoms with van der Waals surface area (Å²) in [4.78, 5) is 12.2. The monoisotopic (exact) mass is 270 g/mol. The average Bonchev–Trinajstić information content (AvgIpc) is 2.49. The van der Waals surface area contributed by atoms with Gasteiger partial charge in [0.25, 0.3) is 0 Å². The normalized spacial score (nSPS) is 13.5. The quantitative estimate of drug-likeness (QED) is 0.862. The van der Waals surface area contributed by atoms with Crippen LogP contribution >= 0.6 is 0 Å². The zero-order chi connectivity index (χ0) is 14.6. The minimum absolute atomic E-state index is 0.0967. The van der Waals surface area contributed by atoms with E-state index >= 15 is 0 Å². The highest BCUT2D eigenvalue weighted by Crippen LogP contribution is 2.33. The maximum atomic E-state index is 12.2. The molecule has 0 aliphatic carbocycles. The number of carbonyl (C=O) groups excluding carboxylic acids is 1. The molecule has 0 saturated heterocycles. The van der Waals surface area contributed by atoms with Gasteiger partial charge in [0.05, 0.1) is 7.11 Å². The van der Waals surface area contributed by atoms with Gasteiger partial charge in [-0.25, -0.2) is 0 Å².